The average Bonchev–Trinajstić information content (AvgIpc) is 3.34. The molecule has 3 N–H and O–H groups in total. The highest BCUT2D eigenvalue weighted by molar-refractivity contribution is 7.80. The number of nitro groups is 1. The van der Waals surface area contributed by atoms with Crippen molar-refractivity contribution in [3.63, 3.8) is 0 Å². The van der Waals surface area contributed by atoms with Gasteiger partial charge in [0.15, 0.2) is 10.7 Å². The van der Waals surface area contributed by atoms with E-state index in [-0.39, 0.29) is 28.0 Å². The number of hydrogen-bond donors (Lipinski definition) is 3. The first-order valence-corrected chi connectivity index (χ1v) is 12.5. The molecule has 1 fully saturated rings. The number of phenolic OH excluding ortho intramolecular Hbond substituents is 1. The quantitative estimate of drug-likeness (QED) is 0.139. The summed E-state index contributed by atoms with van der Waals surface area (Å²) in [5, 5.41) is 27.3. The molecule has 11 nitrogen and oxygen atoms in total. The molecule has 0 unspecified atom stereocenters. The second kappa shape index (κ2) is 10.7. The van der Waals surface area contributed by atoms with Gasteiger partial charge in [-0.1, -0.05) is 6.07 Å². The lowest BCUT2D eigenvalue weighted by Crippen LogP contribution is -2.39. The molecule has 0 bridgehead atoms. The summed E-state index contributed by atoms with van der Waals surface area (Å²) >= 11 is 5.36. The maximum absolute atomic E-state index is 13.2. The van der Waals surface area contributed by atoms with Crippen molar-refractivity contribution in [1.29, 1.82) is 0 Å². The third-order valence-corrected chi connectivity index (χ3v) is 6.52. The number of ether oxygens (including phenoxy) is 1. The van der Waals surface area contributed by atoms with Gasteiger partial charge in [-0.25, -0.2) is 4.98 Å². The lowest BCUT2D eigenvalue weighted by atomic mass is 10.1. The molecule has 5 rings (SSSR count). The van der Waals surface area contributed by atoms with Crippen molar-refractivity contribution in [2.45, 2.75) is 13.8 Å². The fourth-order valence-corrected chi connectivity index (χ4v) is 4.72. The highest BCUT2D eigenvalue weighted by Gasteiger charge is 2.23. The van der Waals surface area contributed by atoms with Gasteiger partial charge in [0.25, 0.3) is 11.6 Å². The van der Waals surface area contributed by atoms with Gasteiger partial charge in [-0.15, -0.1) is 0 Å². The van der Waals surface area contributed by atoms with Crippen LogP contribution >= 0.6 is 12.2 Å². The van der Waals surface area contributed by atoms with Crippen LogP contribution in [0, 0.1) is 24.0 Å². The van der Waals surface area contributed by atoms with Gasteiger partial charge < -0.3 is 24.5 Å². The number of non-ortho nitro benzene ring substituents is 1. The number of nitrogens with zero attached hydrogens (tertiary/aromatic N) is 3. The standard InChI is InChI=1S/C27H25N5O6S/c1-15-11-16(2)24-21(12-15)29-26(38-24)20-13-17(3-6-23(20)33)28-27(39)30-25(34)19-14-18(32(35)36)4-5-22(19)31-7-9-37-10-8-31/h3-6,11-14,33H,7-10H2,1-2H3,(H2,28,30,34,39). The van der Waals surface area contributed by atoms with E-state index in [0.29, 0.717) is 54.3 Å². The number of oxazole rings is 1. The summed E-state index contributed by atoms with van der Waals surface area (Å²) in [4.78, 5) is 30.5. The SMILES string of the molecule is Cc1cc(C)c2oc(-c3cc(NC(=S)NC(=O)c4cc([N+](=O)[O-])ccc4N4CCOCC4)ccc3O)nc2c1. The highest BCUT2D eigenvalue weighted by Crippen LogP contribution is 2.34. The second-order valence-corrected chi connectivity index (χ2v) is 9.56. The number of rotatable bonds is 5. The van der Waals surface area contributed by atoms with Gasteiger partial charge in [0.2, 0.25) is 5.89 Å². The zero-order valence-electron chi connectivity index (χ0n) is 21.2. The normalized spacial score (nSPS) is 13.3. The van der Waals surface area contributed by atoms with Crippen molar-refractivity contribution in [3.8, 4) is 17.2 Å². The lowest BCUT2D eigenvalue weighted by Gasteiger charge is -2.30. The van der Waals surface area contributed by atoms with Crippen LogP contribution in [0.1, 0.15) is 21.5 Å². The number of aromatic hydroxyl groups is 1. The zero-order valence-corrected chi connectivity index (χ0v) is 22.0. The van der Waals surface area contributed by atoms with Gasteiger partial charge in [0.05, 0.1) is 35.0 Å². The summed E-state index contributed by atoms with van der Waals surface area (Å²) in [7, 11) is 0. The van der Waals surface area contributed by atoms with Crippen LogP contribution < -0.4 is 15.5 Å². The van der Waals surface area contributed by atoms with Crippen molar-refractivity contribution in [3.05, 3.63) is 75.3 Å². The van der Waals surface area contributed by atoms with E-state index in [9.17, 15) is 20.0 Å². The van der Waals surface area contributed by atoms with Crippen LogP contribution in [0.5, 0.6) is 5.75 Å². The van der Waals surface area contributed by atoms with Crippen LogP contribution in [0.4, 0.5) is 17.1 Å². The van der Waals surface area contributed by atoms with E-state index in [1.165, 1.54) is 18.2 Å². The van der Waals surface area contributed by atoms with Crippen LogP contribution in [0.3, 0.4) is 0 Å². The van der Waals surface area contributed by atoms with Crippen LogP contribution in [0.25, 0.3) is 22.6 Å². The monoisotopic (exact) mass is 547 g/mol. The first-order chi connectivity index (χ1) is 18.7. The van der Waals surface area contributed by atoms with Crippen molar-refractivity contribution in [1.82, 2.24) is 10.3 Å². The third kappa shape index (κ3) is 5.52. The number of hydrogen-bond acceptors (Lipinski definition) is 9. The number of amides is 1. The maximum atomic E-state index is 13.2. The van der Waals surface area contributed by atoms with E-state index in [0.717, 1.165) is 11.1 Å². The number of phenols is 1. The van der Waals surface area contributed by atoms with Gasteiger partial charge >= 0.3 is 0 Å². The number of carbonyl (C=O) groups is 1. The van der Waals surface area contributed by atoms with Gasteiger partial charge in [0.1, 0.15) is 11.3 Å². The Morgan fingerprint density at radius 1 is 1.13 bits per heavy atom. The summed E-state index contributed by atoms with van der Waals surface area (Å²) in [6, 6.07) is 12.7. The minimum atomic E-state index is -0.596. The summed E-state index contributed by atoms with van der Waals surface area (Å²) in [5.41, 5.74) is 4.56. The first kappa shape index (κ1) is 26.1. The molecule has 0 aliphatic carbocycles. The van der Waals surface area contributed by atoms with E-state index in [1.807, 2.05) is 30.9 Å². The van der Waals surface area contributed by atoms with Crippen molar-refractivity contribution >= 4 is 51.4 Å². The average molecular weight is 548 g/mol. The van der Waals surface area contributed by atoms with E-state index < -0.39 is 10.8 Å². The molecule has 2 heterocycles. The summed E-state index contributed by atoms with van der Waals surface area (Å²) < 4.78 is 11.3. The Hall–Kier alpha value is -4.55. The molecule has 12 heteroatoms. The van der Waals surface area contributed by atoms with Gasteiger partial charge in [-0.3, -0.25) is 20.2 Å². The van der Waals surface area contributed by atoms with Crippen molar-refractivity contribution in [2.24, 2.45) is 0 Å². The van der Waals surface area contributed by atoms with Crippen LogP contribution in [-0.4, -0.2) is 52.3 Å². The Morgan fingerprint density at radius 3 is 2.64 bits per heavy atom. The topological polar surface area (TPSA) is 143 Å². The number of benzene rings is 3. The van der Waals surface area contributed by atoms with E-state index in [4.69, 9.17) is 21.4 Å². The zero-order chi connectivity index (χ0) is 27.7. The molecule has 4 aromatic rings. The van der Waals surface area contributed by atoms with Gasteiger partial charge in [-0.05, 0) is 67.5 Å². The van der Waals surface area contributed by atoms with Gasteiger partial charge in [-0.2, -0.15) is 0 Å². The fraction of sp³-hybridized carbons (Fsp3) is 0.222. The van der Waals surface area contributed by atoms with Crippen molar-refractivity contribution in [2.75, 3.05) is 36.5 Å². The fourth-order valence-electron chi connectivity index (χ4n) is 4.51. The molecule has 0 spiro atoms. The first-order valence-electron chi connectivity index (χ1n) is 12.1. The van der Waals surface area contributed by atoms with Gasteiger partial charge in [0, 0.05) is 30.9 Å². The predicted molar refractivity (Wildman–Crippen MR) is 150 cm³/mol. The summed E-state index contributed by atoms with van der Waals surface area (Å²) in [5.74, 6) is -0.397. The Balaban J connectivity index is 1.37. The molecule has 0 radical (unpaired) electrons. The molecule has 3 aromatic carbocycles. The van der Waals surface area contributed by atoms with Crippen LogP contribution in [0.2, 0.25) is 0 Å². The Kier molecular flexibility index (Phi) is 7.13. The number of anilines is 2. The molecule has 1 saturated heterocycles. The van der Waals surface area contributed by atoms with E-state index in [1.54, 1.807) is 18.2 Å². The van der Waals surface area contributed by atoms with Crippen molar-refractivity contribution < 1.29 is 24.0 Å². The van der Waals surface area contributed by atoms with E-state index >= 15 is 0 Å². The Bertz CT molecular complexity index is 1610. The molecule has 1 aromatic heterocycles. The molecule has 39 heavy (non-hydrogen) atoms. The minimum Gasteiger partial charge on any atom is -0.507 e. The second-order valence-electron chi connectivity index (χ2n) is 9.15. The smallest absolute Gasteiger partial charge is 0.270 e. The number of nitro benzene ring substituents is 1. The number of carbonyl (C=O) groups excluding carboxylic acids is 1. The molecule has 0 atom stereocenters. The number of aryl methyl sites for hydroxylation is 2. The minimum absolute atomic E-state index is 0.0277. The number of thiocarbonyl (C=S) groups is 1. The maximum Gasteiger partial charge on any atom is 0.270 e. The number of morpholine rings is 1. The summed E-state index contributed by atoms with van der Waals surface area (Å²) in [6.45, 7) is 5.96. The van der Waals surface area contributed by atoms with Crippen LogP contribution in [-0.2, 0) is 4.74 Å². The highest BCUT2D eigenvalue weighted by atomic mass is 32.1. The molecule has 0 saturated carbocycles. The predicted octanol–water partition coefficient (Wildman–Crippen LogP) is 4.69. The Morgan fingerprint density at radius 2 is 1.90 bits per heavy atom. The molecular formula is C27H25N5O6S. The number of nitrogens with one attached hydrogen (secondary N) is 2. The number of fused-ring (bicyclic) bond motifs is 1. The van der Waals surface area contributed by atoms with Crippen LogP contribution in [0.15, 0.2) is 52.9 Å². The molecule has 1 aliphatic rings. The summed E-state index contributed by atoms with van der Waals surface area (Å²) in [6.07, 6.45) is 0. The lowest BCUT2D eigenvalue weighted by molar-refractivity contribution is -0.384. The molecule has 200 valence electrons. The largest absolute Gasteiger partial charge is 0.507 e. The molecular weight excluding hydrogens is 522 g/mol. The Labute approximate surface area is 228 Å². The third-order valence-electron chi connectivity index (χ3n) is 6.32. The van der Waals surface area contributed by atoms with E-state index in [2.05, 4.69) is 15.6 Å². The number of aromatic nitrogens is 1. The molecule has 1 amide bonds. The molecule has 1 aliphatic heterocycles.